The molecule has 1 heterocycles. The van der Waals surface area contributed by atoms with Crippen LogP contribution in [0, 0.1) is 0 Å². The van der Waals surface area contributed by atoms with E-state index in [1.165, 1.54) is 24.3 Å². The number of carbonyl (C=O) groups excluding carboxylic acids is 1. The third kappa shape index (κ3) is 4.95. The van der Waals surface area contributed by atoms with Crippen molar-refractivity contribution in [2.24, 2.45) is 7.05 Å². The summed E-state index contributed by atoms with van der Waals surface area (Å²) in [5.41, 5.74) is 0.266. The van der Waals surface area contributed by atoms with Crippen molar-refractivity contribution in [1.82, 2.24) is 14.8 Å². The minimum atomic E-state index is -4.63. The number of halogens is 3. The third-order valence-corrected chi connectivity index (χ3v) is 5.10. The van der Waals surface area contributed by atoms with E-state index in [2.05, 4.69) is 15.5 Å². The number of nitrogens with zero attached hydrogens (tertiary/aromatic N) is 3. The molecule has 1 aromatic heterocycles. The van der Waals surface area contributed by atoms with Gasteiger partial charge in [-0.3, -0.25) is 4.79 Å². The summed E-state index contributed by atoms with van der Waals surface area (Å²) in [5.74, 6) is -1.89. The highest BCUT2D eigenvalue weighted by atomic mass is 32.2. The van der Waals surface area contributed by atoms with Crippen LogP contribution in [0.3, 0.4) is 0 Å². The molecule has 0 aliphatic carbocycles. The van der Waals surface area contributed by atoms with Crippen LogP contribution in [-0.2, 0) is 27.9 Å². The first-order valence-corrected chi connectivity index (χ1v) is 9.55. The largest absolute Gasteiger partial charge is 0.451 e. The van der Waals surface area contributed by atoms with E-state index in [0.717, 1.165) is 29.6 Å². The second-order valence-electron chi connectivity index (χ2n) is 5.00. The molecule has 1 amide bonds. The van der Waals surface area contributed by atoms with Gasteiger partial charge in [0.2, 0.25) is 11.7 Å². The lowest BCUT2D eigenvalue weighted by atomic mass is 10.3. The maximum atomic E-state index is 12.6. The number of alkyl halides is 3. The summed E-state index contributed by atoms with van der Waals surface area (Å²) < 4.78 is 61.6. The molecule has 1 aromatic carbocycles. The number of sulfone groups is 1. The van der Waals surface area contributed by atoms with Gasteiger partial charge < -0.3 is 9.88 Å². The Balaban J connectivity index is 2.02. The molecule has 0 atom stereocenters. The third-order valence-electron chi connectivity index (χ3n) is 2.97. The van der Waals surface area contributed by atoms with Crippen molar-refractivity contribution in [1.29, 1.82) is 0 Å². The van der Waals surface area contributed by atoms with E-state index in [-0.39, 0.29) is 21.5 Å². The van der Waals surface area contributed by atoms with Crippen molar-refractivity contribution in [3.05, 3.63) is 30.1 Å². The quantitative estimate of drug-likeness (QED) is 0.780. The molecule has 136 valence electrons. The molecular weight excluding hydrogens is 381 g/mol. The summed E-state index contributed by atoms with van der Waals surface area (Å²) in [7, 11) is -2.27. The van der Waals surface area contributed by atoms with Gasteiger partial charge in [0.25, 0.3) is 0 Å². The van der Waals surface area contributed by atoms with E-state index in [4.69, 9.17) is 0 Å². The van der Waals surface area contributed by atoms with Gasteiger partial charge >= 0.3 is 6.18 Å². The summed E-state index contributed by atoms with van der Waals surface area (Å²) in [6.07, 6.45) is -3.59. The predicted molar refractivity (Wildman–Crippen MR) is 84.9 cm³/mol. The molecule has 0 unspecified atom stereocenters. The zero-order valence-electron chi connectivity index (χ0n) is 13.0. The normalized spacial score (nSPS) is 12.2. The molecule has 25 heavy (non-hydrogen) atoms. The number of amides is 1. The number of hydrogen-bond acceptors (Lipinski definition) is 6. The van der Waals surface area contributed by atoms with E-state index in [1.807, 2.05) is 0 Å². The number of hydrogen-bond donors (Lipinski definition) is 1. The molecule has 0 saturated carbocycles. The first-order chi connectivity index (χ1) is 11.5. The van der Waals surface area contributed by atoms with Crippen LogP contribution in [0.1, 0.15) is 5.82 Å². The SMILES string of the molecule is Cn1c(SCC(=O)Nc2cccc(S(C)(=O)=O)c2)nnc1C(F)(F)F. The number of carbonyl (C=O) groups is 1. The van der Waals surface area contributed by atoms with Crippen LogP contribution in [0.4, 0.5) is 18.9 Å². The fourth-order valence-electron chi connectivity index (χ4n) is 1.82. The molecule has 0 aliphatic heterocycles. The highest BCUT2D eigenvalue weighted by Crippen LogP contribution is 2.29. The summed E-state index contributed by atoms with van der Waals surface area (Å²) in [6.45, 7) is 0. The van der Waals surface area contributed by atoms with Gasteiger partial charge in [-0.15, -0.1) is 10.2 Å². The van der Waals surface area contributed by atoms with Crippen molar-refractivity contribution in [2.45, 2.75) is 16.2 Å². The summed E-state index contributed by atoms with van der Waals surface area (Å²) in [6, 6.07) is 5.65. The summed E-state index contributed by atoms with van der Waals surface area (Å²) >= 11 is 0.780. The van der Waals surface area contributed by atoms with Crippen LogP contribution in [0.15, 0.2) is 34.3 Å². The Hall–Kier alpha value is -2.08. The Morgan fingerprint density at radius 3 is 2.56 bits per heavy atom. The van der Waals surface area contributed by atoms with Crippen LogP contribution in [0.5, 0.6) is 0 Å². The first-order valence-electron chi connectivity index (χ1n) is 6.68. The number of anilines is 1. The smallest absolute Gasteiger partial charge is 0.325 e. The molecule has 0 aliphatic rings. The van der Waals surface area contributed by atoms with E-state index in [0.29, 0.717) is 0 Å². The van der Waals surface area contributed by atoms with Gasteiger partial charge in [0, 0.05) is 19.0 Å². The number of benzene rings is 1. The molecule has 1 N–H and O–H groups in total. The number of nitrogens with one attached hydrogen (secondary N) is 1. The Labute approximate surface area is 145 Å². The second-order valence-corrected chi connectivity index (χ2v) is 7.96. The Kier molecular flexibility index (Phi) is 5.42. The molecule has 7 nitrogen and oxygen atoms in total. The maximum Gasteiger partial charge on any atom is 0.451 e. The van der Waals surface area contributed by atoms with Gasteiger partial charge in [-0.25, -0.2) is 8.42 Å². The lowest BCUT2D eigenvalue weighted by molar-refractivity contribution is -0.147. The van der Waals surface area contributed by atoms with Crippen LogP contribution in [0.2, 0.25) is 0 Å². The molecule has 0 bridgehead atoms. The lowest BCUT2D eigenvalue weighted by Gasteiger charge is -2.07. The van der Waals surface area contributed by atoms with E-state index in [1.54, 1.807) is 0 Å². The zero-order valence-corrected chi connectivity index (χ0v) is 14.7. The lowest BCUT2D eigenvalue weighted by Crippen LogP contribution is -2.15. The molecule has 2 rings (SSSR count). The fourth-order valence-corrected chi connectivity index (χ4v) is 3.20. The van der Waals surface area contributed by atoms with Crippen LogP contribution < -0.4 is 5.32 Å². The second kappa shape index (κ2) is 7.04. The number of rotatable bonds is 5. The van der Waals surface area contributed by atoms with Gasteiger partial charge in [-0.05, 0) is 18.2 Å². The monoisotopic (exact) mass is 394 g/mol. The predicted octanol–water partition coefficient (Wildman–Crippen LogP) is 1.97. The minimum absolute atomic E-state index is 0.0427. The van der Waals surface area contributed by atoms with Gasteiger partial charge in [-0.2, -0.15) is 13.2 Å². The van der Waals surface area contributed by atoms with Crippen LogP contribution >= 0.6 is 11.8 Å². The molecule has 2 aromatic rings. The first kappa shape index (κ1) is 19.2. The number of aromatic nitrogens is 3. The van der Waals surface area contributed by atoms with Gasteiger partial charge in [0.05, 0.1) is 10.6 Å². The molecular formula is C13H13F3N4O3S2. The highest BCUT2D eigenvalue weighted by molar-refractivity contribution is 7.99. The summed E-state index contributed by atoms with van der Waals surface area (Å²) in [4.78, 5) is 11.9. The average molecular weight is 394 g/mol. The molecule has 0 spiro atoms. The number of thioether (sulfide) groups is 1. The van der Waals surface area contributed by atoms with Crippen molar-refractivity contribution >= 4 is 33.2 Å². The van der Waals surface area contributed by atoms with Crippen molar-refractivity contribution in [2.75, 3.05) is 17.3 Å². The molecule has 12 heteroatoms. The Bertz CT molecular complexity index is 894. The fraction of sp³-hybridized carbons (Fsp3) is 0.308. The van der Waals surface area contributed by atoms with Crippen molar-refractivity contribution in [3.8, 4) is 0 Å². The standard InChI is InChI=1S/C13H13F3N4O3S2/c1-20-11(13(14,15)16)18-19-12(20)24-7-10(21)17-8-4-3-5-9(6-8)25(2,22)23/h3-6H,7H2,1-2H3,(H,17,21). The maximum absolute atomic E-state index is 12.6. The summed E-state index contributed by atoms with van der Waals surface area (Å²) in [5, 5.41) is 8.88. The molecule has 0 radical (unpaired) electrons. The Morgan fingerprint density at radius 2 is 2.00 bits per heavy atom. The van der Waals surface area contributed by atoms with Crippen molar-refractivity contribution in [3.63, 3.8) is 0 Å². The van der Waals surface area contributed by atoms with Gasteiger partial charge in [-0.1, -0.05) is 17.8 Å². The average Bonchev–Trinajstić information content (AvgIpc) is 2.85. The molecule has 0 fully saturated rings. The minimum Gasteiger partial charge on any atom is -0.325 e. The topological polar surface area (TPSA) is 94.0 Å². The molecule has 0 saturated heterocycles. The van der Waals surface area contributed by atoms with Crippen LogP contribution in [0.25, 0.3) is 0 Å². The van der Waals surface area contributed by atoms with Gasteiger partial charge in [0.1, 0.15) is 0 Å². The highest BCUT2D eigenvalue weighted by Gasteiger charge is 2.37. The van der Waals surface area contributed by atoms with E-state index < -0.39 is 27.7 Å². The Morgan fingerprint density at radius 1 is 1.32 bits per heavy atom. The van der Waals surface area contributed by atoms with E-state index >= 15 is 0 Å². The van der Waals surface area contributed by atoms with E-state index in [9.17, 15) is 26.4 Å². The van der Waals surface area contributed by atoms with Crippen molar-refractivity contribution < 1.29 is 26.4 Å². The van der Waals surface area contributed by atoms with Gasteiger partial charge in [0.15, 0.2) is 15.0 Å². The zero-order chi connectivity index (χ0) is 18.8. The van der Waals surface area contributed by atoms with Crippen LogP contribution in [-0.4, -0.2) is 41.1 Å².